The normalized spacial score (nSPS) is 11.2. The highest BCUT2D eigenvalue weighted by atomic mass is 32.2. The highest BCUT2D eigenvalue weighted by Gasteiger charge is 2.18. The van der Waals surface area contributed by atoms with Crippen molar-refractivity contribution in [2.24, 2.45) is 0 Å². The Kier molecular flexibility index (Phi) is 6.03. The molecule has 0 radical (unpaired) electrons. The van der Waals surface area contributed by atoms with E-state index in [-0.39, 0.29) is 4.90 Å². The van der Waals surface area contributed by atoms with Crippen molar-refractivity contribution in [2.45, 2.75) is 25.3 Å². The molecule has 3 aromatic rings. The molecule has 2 N–H and O–H groups in total. The van der Waals surface area contributed by atoms with E-state index in [1.54, 1.807) is 12.1 Å². The number of hydrogen-bond donors (Lipinski definition) is 2. The van der Waals surface area contributed by atoms with E-state index in [0.29, 0.717) is 6.54 Å². The molecule has 0 aliphatic rings. The monoisotopic (exact) mass is 409 g/mol. The Hall–Kier alpha value is -3.12. The van der Waals surface area contributed by atoms with Gasteiger partial charge in [0.15, 0.2) is 15.6 Å². The Morgan fingerprint density at radius 1 is 0.897 bits per heavy atom. The molecule has 3 aromatic carbocycles. The molecule has 0 spiro atoms. The van der Waals surface area contributed by atoms with Crippen molar-refractivity contribution >= 4 is 21.5 Å². The summed E-state index contributed by atoms with van der Waals surface area (Å²) in [6, 6.07) is 20.7. The third kappa shape index (κ3) is 5.03. The molecule has 0 atom stereocenters. The fourth-order valence-corrected chi connectivity index (χ4v) is 4.22. The van der Waals surface area contributed by atoms with Gasteiger partial charge in [0.1, 0.15) is 0 Å². The lowest BCUT2D eigenvalue weighted by Crippen LogP contribution is -2.15. The Balaban J connectivity index is 1.75. The summed E-state index contributed by atoms with van der Waals surface area (Å²) in [5, 5.41) is 12.0. The van der Waals surface area contributed by atoms with Gasteiger partial charge in [-0.2, -0.15) is 0 Å². The van der Waals surface area contributed by atoms with Gasteiger partial charge in [0.25, 0.3) is 0 Å². The van der Waals surface area contributed by atoms with Crippen LogP contribution in [0.2, 0.25) is 0 Å². The van der Waals surface area contributed by atoms with Gasteiger partial charge in [-0.05, 0) is 72.0 Å². The van der Waals surface area contributed by atoms with Crippen LogP contribution in [0.4, 0.5) is 5.69 Å². The zero-order valence-electron chi connectivity index (χ0n) is 16.3. The lowest BCUT2D eigenvalue weighted by atomic mass is 9.95. The largest absolute Gasteiger partial charge is 0.480 e. The van der Waals surface area contributed by atoms with Gasteiger partial charge in [0.2, 0.25) is 0 Å². The van der Waals surface area contributed by atoms with Crippen molar-refractivity contribution < 1.29 is 18.3 Å². The maximum absolute atomic E-state index is 12.0. The molecule has 0 aliphatic heterocycles. The molecule has 6 heteroatoms. The Bertz CT molecular complexity index is 1140. The summed E-state index contributed by atoms with van der Waals surface area (Å²) in [6.07, 6.45) is 0. The number of rotatable bonds is 7. The van der Waals surface area contributed by atoms with Crippen molar-refractivity contribution in [3.63, 3.8) is 0 Å². The van der Waals surface area contributed by atoms with Crippen LogP contribution in [0.15, 0.2) is 71.6 Å². The van der Waals surface area contributed by atoms with Crippen LogP contribution >= 0.6 is 0 Å². The Labute approximate surface area is 171 Å². The summed E-state index contributed by atoms with van der Waals surface area (Å²) in [5.41, 5.74) is 6.70. The maximum atomic E-state index is 12.0. The van der Waals surface area contributed by atoms with Gasteiger partial charge < -0.3 is 10.4 Å². The molecule has 150 valence electrons. The molecule has 3 rings (SSSR count). The number of nitrogens with one attached hydrogen (secondary N) is 1. The van der Waals surface area contributed by atoms with Crippen LogP contribution in [-0.4, -0.2) is 25.2 Å². The number of carbonyl (C=O) groups is 1. The van der Waals surface area contributed by atoms with Crippen molar-refractivity contribution in [1.82, 2.24) is 0 Å². The fourth-order valence-electron chi connectivity index (χ4n) is 3.17. The lowest BCUT2D eigenvalue weighted by molar-refractivity contribution is -0.134. The molecule has 0 aliphatic carbocycles. The van der Waals surface area contributed by atoms with Crippen LogP contribution in [-0.2, 0) is 21.2 Å². The first-order valence-electron chi connectivity index (χ1n) is 9.20. The van der Waals surface area contributed by atoms with Gasteiger partial charge in [-0.15, -0.1) is 0 Å². The van der Waals surface area contributed by atoms with Crippen LogP contribution in [0.3, 0.4) is 0 Å². The molecule has 0 fully saturated rings. The topological polar surface area (TPSA) is 83.5 Å². The van der Waals surface area contributed by atoms with E-state index in [9.17, 15) is 13.2 Å². The van der Waals surface area contributed by atoms with Crippen LogP contribution in [0, 0.1) is 13.8 Å². The van der Waals surface area contributed by atoms with Crippen LogP contribution < -0.4 is 5.32 Å². The molecule has 0 unspecified atom stereocenters. The van der Waals surface area contributed by atoms with Gasteiger partial charge in [-0.25, -0.2) is 8.42 Å². The van der Waals surface area contributed by atoms with Gasteiger partial charge in [-0.1, -0.05) is 36.4 Å². The van der Waals surface area contributed by atoms with Gasteiger partial charge in [0.05, 0.1) is 4.90 Å². The smallest absolute Gasteiger partial charge is 0.319 e. The van der Waals surface area contributed by atoms with Crippen LogP contribution in [0.25, 0.3) is 11.1 Å². The standard InChI is InChI=1S/C23H23NO4S/c1-16-5-3-4-6-21(16)22-13-18(8-7-17(22)2)14-24-19-9-11-20(12-10-19)29(27,28)15-23(25)26/h3-13,24H,14-15H2,1-2H3,(H,25,26). The number of aryl methyl sites for hydroxylation is 2. The van der Waals surface area contributed by atoms with Gasteiger partial charge in [0, 0.05) is 12.2 Å². The zero-order chi connectivity index (χ0) is 21.0. The molecule has 0 aromatic heterocycles. The third-order valence-electron chi connectivity index (χ3n) is 4.76. The predicted molar refractivity (Wildman–Crippen MR) is 115 cm³/mol. The second-order valence-electron chi connectivity index (χ2n) is 6.99. The number of hydrogen-bond acceptors (Lipinski definition) is 4. The number of anilines is 1. The summed E-state index contributed by atoms with van der Waals surface area (Å²) in [7, 11) is -3.82. The summed E-state index contributed by atoms with van der Waals surface area (Å²) >= 11 is 0. The number of carboxylic acid groups (broad SMARTS) is 1. The SMILES string of the molecule is Cc1ccccc1-c1cc(CNc2ccc(S(=O)(=O)CC(=O)O)cc2)ccc1C. The van der Waals surface area contributed by atoms with Crippen LogP contribution in [0.5, 0.6) is 0 Å². The van der Waals surface area contributed by atoms with E-state index in [1.165, 1.54) is 34.4 Å². The number of aliphatic carboxylic acids is 1. The van der Waals surface area contributed by atoms with Crippen molar-refractivity contribution in [3.8, 4) is 11.1 Å². The fraction of sp³-hybridized carbons (Fsp3) is 0.174. The van der Waals surface area contributed by atoms with Crippen molar-refractivity contribution in [1.29, 1.82) is 0 Å². The number of sulfone groups is 1. The first kappa shape index (κ1) is 20.6. The highest BCUT2D eigenvalue weighted by molar-refractivity contribution is 7.92. The molecule has 0 heterocycles. The highest BCUT2D eigenvalue weighted by Crippen LogP contribution is 2.28. The van der Waals surface area contributed by atoms with E-state index >= 15 is 0 Å². The second kappa shape index (κ2) is 8.49. The Morgan fingerprint density at radius 3 is 2.21 bits per heavy atom. The first-order valence-corrected chi connectivity index (χ1v) is 10.9. The molecule has 0 saturated carbocycles. The van der Waals surface area contributed by atoms with Gasteiger partial charge >= 0.3 is 5.97 Å². The zero-order valence-corrected chi connectivity index (χ0v) is 17.2. The van der Waals surface area contributed by atoms with Crippen molar-refractivity contribution in [3.05, 3.63) is 83.4 Å². The molecule has 29 heavy (non-hydrogen) atoms. The summed E-state index contributed by atoms with van der Waals surface area (Å²) in [5.74, 6) is -2.28. The first-order chi connectivity index (χ1) is 13.8. The van der Waals surface area contributed by atoms with Crippen LogP contribution in [0.1, 0.15) is 16.7 Å². The number of benzene rings is 3. The quantitative estimate of drug-likeness (QED) is 0.603. The van der Waals surface area contributed by atoms with E-state index in [2.05, 4.69) is 49.5 Å². The number of carboxylic acids is 1. The molecule has 5 nitrogen and oxygen atoms in total. The summed E-state index contributed by atoms with van der Waals surface area (Å²) in [6.45, 7) is 4.77. The third-order valence-corrected chi connectivity index (χ3v) is 6.38. The van der Waals surface area contributed by atoms with E-state index < -0.39 is 21.6 Å². The maximum Gasteiger partial charge on any atom is 0.319 e. The average molecular weight is 410 g/mol. The molecule has 0 bridgehead atoms. The minimum absolute atomic E-state index is 0.00243. The summed E-state index contributed by atoms with van der Waals surface area (Å²) < 4.78 is 23.9. The Morgan fingerprint density at radius 2 is 1.55 bits per heavy atom. The minimum Gasteiger partial charge on any atom is -0.480 e. The van der Waals surface area contributed by atoms with Crippen molar-refractivity contribution in [2.75, 3.05) is 11.1 Å². The molecular formula is C23H23NO4S. The van der Waals surface area contributed by atoms with Gasteiger partial charge in [-0.3, -0.25) is 4.79 Å². The molecule has 0 amide bonds. The predicted octanol–water partition coefficient (Wildman–Crippen LogP) is 4.44. The van der Waals surface area contributed by atoms with E-state index in [0.717, 1.165) is 11.3 Å². The van der Waals surface area contributed by atoms with E-state index in [1.807, 2.05) is 12.1 Å². The molecule has 0 saturated heterocycles. The van der Waals surface area contributed by atoms with E-state index in [4.69, 9.17) is 5.11 Å². The lowest BCUT2D eigenvalue weighted by Gasteiger charge is -2.13. The molecular weight excluding hydrogens is 386 g/mol. The summed E-state index contributed by atoms with van der Waals surface area (Å²) in [4.78, 5) is 10.7. The second-order valence-corrected chi connectivity index (χ2v) is 8.98. The average Bonchev–Trinajstić information content (AvgIpc) is 2.67. The minimum atomic E-state index is -3.82.